The Balaban J connectivity index is 1.08. The Labute approximate surface area is 269 Å². The third-order valence-corrected chi connectivity index (χ3v) is 7.03. The van der Waals surface area contributed by atoms with Crippen LogP contribution in [0.3, 0.4) is 0 Å². The molecule has 0 radical (unpaired) electrons. The lowest BCUT2D eigenvalue weighted by Gasteiger charge is -2.10. The van der Waals surface area contributed by atoms with Crippen LogP contribution in [-0.4, -0.2) is 23.5 Å². The highest BCUT2D eigenvalue weighted by molar-refractivity contribution is 6.07. The Morgan fingerprint density at radius 2 is 0.739 bits per heavy atom. The van der Waals surface area contributed by atoms with Gasteiger partial charge >= 0.3 is 0 Å². The normalized spacial score (nSPS) is 11.4. The molecule has 0 unspecified atom stereocenters. The van der Waals surface area contributed by atoms with Crippen molar-refractivity contribution >= 4 is 46.2 Å². The summed E-state index contributed by atoms with van der Waals surface area (Å²) < 4.78 is 0. The summed E-state index contributed by atoms with van der Waals surface area (Å²) in [5, 5.41) is 12.3. The fourth-order valence-electron chi connectivity index (χ4n) is 4.54. The number of benzene rings is 5. The third-order valence-electron chi connectivity index (χ3n) is 7.03. The van der Waals surface area contributed by atoms with E-state index in [0.717, 1.165) is 34.2 Å². The van der Waals surface area contributed by atoms with E-state index in [-0.39, 0.29) is 11.8 Å². The standard InChI is InChI=1S/C38H36N6O2/c1-27(39-25-29-9-5-3-6-10-29)41-33-17-21-35(22-18-33)43-37(45)31-13-15-32(16-14-31)38(46)44-36-23-19-34(20-24-36)42-28(2)40-26-30-11-7-4-8-12-30/h3-24H,25-26H2,1-2H3,(H,39,41)(H,40,42)(H,43,45)(H,44,46). The Kier molecular flexibility index (Phi) is 10.7. The number of amides is 2. The van der Waals surface area contributed by atoms with E-state index in [1.807, 2.05) is 123 Å². The summed E-state index contributed by atoms with van der Waals surface area (Å²) in [6.07, 6.45) is 0. The van der Waals surface area contributed by atoms with Crippen molar-refractivity contribution in [2.75, 3.05) is 21.3 Å². The summed E-state index contributed by atoms with van der Waals surface area (Å²) in [5.41, 5.74) is 6.24. The van der Waals surface area contributed by atoms with Crippen molar-refractivity contribution in [2.45, 2.75) is 26.9 Å². The molecule has 0 spiro atoms. The first-order valence-corrected chi connectivity index (χ1v) is 15.0. The third kappa shape index (κ3) is 9.49. The molecule has 0 bridgehead atoms. The van der Waals surface area contributed by atoms with Crippen molar-refractivity contribution in [2.24, 2.45) is 9.98 Å². The summed E-state index contributed by atoms with van der Waals surface area (Å²) >= 11 is 0. The Hall–Kier alpha value is -6.02. The highest BCUT2D eigenvalue weighted by Gasteiger charge is 2.10. The van der Waals surface area contributed by atoms with Gasteiger partial charge in [-0.3, -0.25) is 19.6 Å². The van der Waals surface area contributed by atoms with Crippen LogP contribution in [0.4, 0.5) is 22.7 Å². The molecule has 5 rings (SSSR count). The molecule has 0 aromatic heterocycles. The summed E-state index contributed by atoms with van der Waals surface area (Å²) in [6.45, 7) is 5.04. The van der Waals surface area contributed by atoms with Gasteiger partial charge in [0.05, 0.1) is 24.8 Å². The van der Waals surface area contributed by atoms with Gasteiger partial charge in [0.25, 0.3) is 11.8 Å². The topological polar surface area (TPSA) is 107 Å². The largest absolute Gasteiger partial charge is 0.344 e. The molecule has 2 amide bonds. The SMILES string of the molecule is CC(=NCc1ccccc1)Nc1ccc(NC(=O)c2ccc(C(=O)Nc3ccc(NC(C)=NCc4ccccc4)cc3)cc2)cc1. The summed E-state index contributed by atoms with van der Waals surface area (Å²) in [5.74, 6) is 1.07. The van der Waals surface area contributed by atoms with E-state index >= 15 is 0 Å². The second-order valence-electron chi connectivity index (χ2n) is 10.7. The van der Waals surface area contributed by atoms with Gasteiger partial charge in [0, 0.05) is 33.9 Å². The van der Waals surface area contributed by atoms with Crippen LogP contribution in [-0.2, 0) is 13.1 Å². The smallest absolute Gasteiger partial charge is 0.255 e. The first kappa shape index (κ1) is 31.4. The van der Waals surface area contributed by atoms with Crippen LogP contribution in [0.15, 0.2) is 143 Å². The number of hydrogen-bond donors (Lipinski definition) is 4. The maximum absolute atomic E-state index is 12.8. The van der Waals surface area contributed by atoms with Crippen LogP contribution >= 0.6 is 0 Å². The summed E-state index contributed by atoms with van der Waals surface area (Å²) in [6, 6.07) is 41.5. The molecule has 8 nitrogen and oxygen atoms in total. The van der Waals surface area contributed by atoms with Crippen molar-refractivity contribution < 1.29 is 9.59 Å². The highest BCUT2D eigenvalue weighted by Crippen LogP contribution is 2.18. The predicted octanol–water partition coefficient (Wildman–Crippen LogP) is 8.25. The molecular formula is C38H36N6O2. The van der Waals surface area contributed by atoms with Crippen LogP contribution in [0.2, 0.25) is 0 Å². The molecule has 5 aromatic rings. The Morgan fingerprint density at radius 1 is 0.435 bits per heavy atom. The maximum Gasteiger partial charge on any atom is 0.255 e. The van der Waals surface area contributed by atoms with Crippen LogP contribution in [0.25, 0.3) is 0 Å². The molecule has 0 saturated carbocycles. The van der Waals surface area contributed by atoms with Gasteiger partial charge in [0.15, 0.2) is 0 Å². The van der Waals surface area contributed by atoms with Gasteiger partial charge in [-0.05, 0) is 97.8 Å². The van der Waals surface area contributed by atoms with E-state index in [1.54, 1.807) is 24.3 Å². The predicted molar refractivity (Wildman–Crippen MR) is 189 cm³/mol. The molecule has 46 heavy (non-hydrogen) atoms. The van der Waals surface area contributed by atoms with E-state index in [1.165, 1.54) is 0 Å². The zero-order chi connectivity index (χ0) is 32.1. The molecular weight excluding hydrogens is 572 g/mol. The average molecular weight is 609 g/mol. The number of carbonyl (C=O) groups excluding carboxylic acids is 2. The molecule has 230 valence electrons. The maximum atomic E-state index is 12.8. The van der Waals surface area contributed by atoms with Crippen molar-refractivity contribution in [3.63, 3.8) is 0 Å². The summed E-state index contributed by atoms with van der Waals surface area (Å²) in [7, 11) is 0. The number of nitrogens with zero attached hydrogens (tertiary/aromatic N) is 2. The molecule has 0 saturated heterocycles. The molecule has 0 heterocycles. The molecule has 0 aliphatic rings. The fourth-order valence-corrected chi connectivity index (χ4v) is 4.54. The monoisotopic (exact) mass is 608 g/mol. The van der Waals surface area contributed by atoms with E-state index in [9.17, 15) is 9.59 Å². The van der Waals surface area contributed by atoms with Crippen molar-refractivity contribution in [3.05, 3.63) is 156 Å². The van der Waals surface area contributed by atoms with E-state index in [2.05, 4.69) is 31.3 Å². The average Bonchev–Trinajstić information content (AvgIpc) is 3.09. The Morgan fingerprint density at radius 3 is 1.07 bits per heavy atom. The van der Waals surface area contributed by atoms with E-state index < -0.39 is 0 Å². The van der Waals surface area contributed by atoms with Gasteiger partial charge in [0.1, 0.15) is 0 Å². The van der Waals surface area contributed by atoms with Gasteiger partial charge in [0.2, 0.25) is 0 Å². The number of aliphatic imine (C=N–C) groups is 2. The summed E-state index contributed by atoms with van der Waals surface area (Å²) in [4.78, 5) is 34.8. The highest BCUT2D eigenvalue weighted by atomic mass is 16.2. The van der Waals surface area contributed by atoms with Crippen molar-refractivity contribution in [1.82, 2.24) is 0 Å². The van der Waals surface area contributed by atoms with E-state index in [4.69, 9.17) is 0 Å². The van der Waals surface area contributed by atoms with Crippen LogP contribution in [0.5, 0.6) is 0 Å². The van der Waals surface area contributed by atoms with Gasteiger partial charge < -0.3 is 21.3 Å². The Bertz CT molecular complexity index is 1660. The number of carbonyl (C=O) groups is 2. The first-order valence-electron chi connectivity index (χ1n) is 15.0. The van der Waals surface area contributed by atoms with Crippen molar-refractivity contribution in [3.8, 4) is 0 Å². The number of amidine groups is 2. The molecule has 5 aromatic carbocycles. The molecule has 0 atom stereocenters. The number of hydrogen-bond acceptors (Lipinski definition) is 4. The molecule has 4 N–H and O–H groups in total. The first-order chi connectivity index (χ1) is 22.4. The molecule has 0 aliphatic carbocycles. The van der Waals surface area contributed by atoms with Crippen LogP contribution in [0.1, 0.15) is 45.7 Å². The van der Waals surface area contributed by atoms with Gasteiger partial charge in [-0.1, -0.05) is 60.7 Å². The quantitative estimate of drug-likeness (QED) is 0.0946. The number of anilines is 4. The minimum atomic E-state index is -0.265. The molecule has 0 fully saturated rings. The van der Waals surface area contributed by atoms with E-state index in [0.29, 0.717) is 35.6 Å². The zero-order valence-corrected chi connectivity index (χ0v) is 25.8. The van der Waals surface area contributed by atoms with Crippen molar-refractivity contribution in [1.29, 1.82) is 0 Å². The molecule has 8 heteroatoms. The minimum absolute atomic E-state index is 0.265. The lowest BCUT2D eigenvalue weighted by Crippen LogP contribution is -2.14. The second kappa shape index (κ2) is 15.6. The van der Waals surface area contributed by atoms with Gasteiger partial charge in [-0.2, -0.15) is 0 Å². The van der Waals surface area contributed by atoms with Crippen LogP contribution in [0, 0.1) is 0 Å². The lowest BCUT2D eigenvalue weighted by molar-refractivity contribution is 0.101. The number of nitrogens with one attached hydrogen (secondary N) is 4. The zero-order valence-electron chi connectivity index (χ0n) is 25.8. The molecule has 0 aliphatic heterocycles. The number of rotatable bonds is 10. The lowest BCUT2D eigenvalue weighted by atomic mass is 10.1. The second-order valence-corrected chi connectivity index (χ2v) is 10.7. The van der Waals surface area contributed by atoms with Gasteiger partial charge in [-0.25, -0.2) is 0 Å². The minimum Gasteiger partial charge on any atom is -0.344 e. The van der Waals surface area contributed by atoms with Gasteiger partial charge in [-0.15, -0.1) is 0 Å². The fraction of sp³-hybridized carbons (Fsp3) is 0.105. The van der Waals surface area contributed by atoms with Crippen LogP contribution < -0.4 is 21.3 Å².